The van der Waals surface area contributed by atoms with Gasteiger partial charge in [-0.25, -0.2) is 0 Å². The van der Waals surface area contributed by atoms with Crippen molar-refractivity contribution in [3.8, 4) is 0 Å². The molecule has 0 aromatic carbocycles. The van der Waals surface area contributed by atoms with Gasteiger partial charge in [0.25, 0.3) is 0 Å². The van der Waals surface area contributed by atoms with E-state index in [9.17, 15) is 138 Å². The maximum Gasteiger partial charge on any atom is 0.224 e. The van der Waals surface area contributed by atoms with Crippen molar-refractivity contribution in [3.05, 3.63) is 0 Å². The van der Waals surface area contributed by atoms with Crippen LogP contribution in [0.4, 0.5) is 0 Å². The van der Waals surface area contributed by atoms with Crippen LogP contribution in [0.2, 0.25) is 0 Å². The fourth-order valence-corrected chi connectivity index (χ4v) is 12.6. The van der Waals surface area contributed by atoms with Gasteiger partial charge in [0.2, 0.25) is 11.6 Å². The molecule has 50 nitrogen and oxygen atoms in total. The summed E-state index contributed by atoms with van der Waals surface area (Å²) in [6.07, 6.45) is -53.4. The summed E-state index contributed by atoms with van der Waals surface area (Å²) in [6, 6.07) is 0. The van der Waals surface area contributed by atoms with E-state index in [-0.39, 0.29) is 13.0 Å². The van der Waals surface area contributed by atoms with Gasteiger partial charge < -0.3 is 249 Å². The van der Waals surface area contributed by atoms with Gasteiger partial charge in [-0.2, -0.15) is 0 Å². The number of aliphatic hydroxyl groups excluding tert-OH is 33. The first-order valence-electron chi connectivity index (χ1n) is 34.5. The number of hydrogen-bond donors (Lipinski definition) is 33. The van der Waals surface area contributed by atoms with E-state index in [1.165, 1.54) is 42.7 Å². The first-order valence-corrected chi connectivity index (χ1v) is 34.5. The second-order valence-electron chi connectivity index (χ2n) is 26.6. The minimum absolute atomic E-state index is 0.0149. The molecule has 8 heterocycles. The first kappa shape index (κ1) is 101. The molecule has 9 fully saturated rings. The lowest BCUT2D eigenvalue weighted by atomic mass is 9.81. The van der Waals surface area contributed by atoms with Crippen LogP contribution in [-0.2, 0) is 80.5 Å². The summed E-state index contributed by atoms with van der Waals surface area (Å²) in [5.41, 5.74) is 0. The molecule has 8 saturated heterocycles. The molecule has 9 aliphatic rings. The Kier molecular flexibility index (Phi) is 43.0. The summed E-state index contributed by atoms with van der Waals surface area (Å²) < 4.78 is 86.1. The van der Waals surface area contributed by atoms with Crippen LogP contribution >= 0.6 is 0 Å². The van der Waals surface area contributed by atoms with Crippen LogP contribution < -0.4 is 0 Å². The smallest absolute Gasteiger partial charge is 0.224 e. The average Bonchev–Trinajstić information content (AvgIpc) is 1.65. The molecule has 43 atom stereocenters. The van der Waals surface area contributed by atoms with E-state index in [4.69, 9.17) is 111 Å². The fourth-order valence-electron chi connectivity index (χ4n) is 12.6. The normalized spacial score (nSPS) is 48.5. The first-order chi connectivity index (χ1) is 52.3. The van der Waals surface area contributed by atoms with Crippen molar-refractivity contribution in [2.24, 2.45) is 5.92 Å². The minimum Gasteiger partial charge on any atom is -0.396 e. The van der Waals surface area contributed by atoms with Crippen molar-refractivity contribution >= 4 is 0 Å². The SMILES string of the molecule is COC1(CO)O[C@H](CO)[C@@H](O)[C@@H]1O.COC1O[C@H](CO)[C@@H](O)[C@H](O)[C@H]1O.COC1O[C@H](CO)[C@H](O)[C@H](O)[C@H]1O.COC[C@H]1O[C@@](CO)(O[C@H]2O[C@H](CO)[C@@H](O)[C@H](O)[C@H]2O)[C@@H](O)[C@@H]1O.CO[C@H]1O[C@H](CO)[C@@H](O[C@@H]2O[C@H](CO)[C@H](O)[C@H](O)[C@H]2O)[C@H](O)[C@H]1O.CO[C@H]1O[C@H](CO)[C@@H](O[C@H]2C[C@H](CO)[C@@H](O)[C@H](O)[C@H]2O)[C@H](O)[C@H]1O. The van der Waals surface area contributed by atoms with Crippen LogP contribution in [0.3, 0.4) is 0 Å². The number of methoxy groups -OCH3 is 6. The molecule has 0 aromatic rings. The largest absolute Gasteiger partial charge is 0.396 e. The standard InChI is InChI=1S/C14H26O10.2C13H24O11.3C7H14O6/c1-22-14-12(21)11(20)13(7(4-16)24-14)23-6-2-5(3-15)8(17)10(19)9(6)18;1-21-3-6-8(17)11(20)13(4-15,23-6)24-12-10(19)9(18)7(16)5(2-14)22-12;1-21-12-10(20)8(18)11(5(3-15)23-12)24-13-9(19)7(17)6(16)4(2-14)22-13;1-12-7(3-9)6(11)5(10)4(2-8)13-7;2*1-12-7-6(11)5(10)4(9)3(2-8)13-7/h5-21H,2-4H2,1H3;5-12,14-20H,2-4H2,1H3;4-20H,2-3H2,1H3;4-6,8-11H,2-3H2,1H3;2*3-11H,2H2,1H3/t5-,6+,7-,8-,9+,10+,11-,12-,13-,14+;5-,6-,7-,8-,9+,10-,11+,12-,13+;4-,5-,6+,7+,8-,9-,10-,11-,12+,13+;4-,5-,6+,7?;3-,4+,5+,6-,7?;3-,4-,5+,6-,7?/m111111/s1. The van der Waals surface area contributed by atoms with Gasteiger partial charge in [-0.15, -0.1) is 0 Å². The molecular formula is C61H116O50. The van der Waals surface area contributed by atoms with Crippen LogP contribution in [0, 0.1) is 5.92 Å². The molecule has 111 heavy (non-hydrogen) atoms. The molecular weight excluding hydrogens is 1530 g/mol. The van der Waals surface area contributed by atoms with E-state index in [2.05, 4.69) is 0 Å². The van der Waals surface area contributed by atoms with Crippen LogP contribution in [0.1, 0.15) is 6.42 Å². The Hall–Kier alpha value is -2.00. The molecule has 0 radical (unpaired) electrons. The molecule has 0 amide bonds. The van der Waals surface area contributed by atoms with E-state index < -0.39 is 329 Å². The fraction of sp³-hybridized carbons (Fsp3) is 1.00. The lowest BCUT2D eigenvalue weighted by molar-refractivity contribution is -0.383. The Morgan fingerprint density at radius 2 is 0.568 bits per heavy atom. The highest BCUT2D eigenvalue weighted by Gasteiger charge is 2.60. The lowest BCUT2D eigenvalue weighted by Crippen LogP contribution is -2.64. The zero-order chi connectivity index (χ0) is 84.2. The van der Waals surface area contributed by atoms with Gasteiger partial charge in [0.05, 0.1) is 65.1 Å². The highest BCUT2D eigenvalue weighted by Crippen LogP contribution is 2.38. The molecule has 1 saturated carbocycles. The zero-order valence-corrected chi connectivity index (χ0v) is 60.9. The van der Waals surface area contributed by atoms with Gasteiger partial charge in [0, 0.05) is 55.2 Å². The Morgan fingerprint density at radius 3 is 0.892 bits per heavy atom. The summed E-state index contributed by atoms with van der Waals surface area (Å²) in [5.74, 6) is -4.48. The summed E-state index contributed by atoms with van der Waals surface area (Å²) in [5, 5.41) is 314. The third kappa shape index (κ3) is 24.0. The lowest BCUT2D eigenvalue weighted by Gasteiger charge is -2.46. The van der Waals surface area contributed by atoms with E-state index in [1.54, 1.807) is 0 Å². The van der Waals surface area contributed by atoms with Crippen molar-refractivity contribution in [2.45, 2.75) is 263 Å². The van der Waals surface area contributed by atoms with E-state index in [0.717, 1.165) is 0 Å². The molecule has 50 heteroatoms. The van der Waals surface area contributed by atoms with Crippen molar-refractivity contribution in [3.63, 3.8) is 0 Å². The number of hydrogen-bond acceptors (Lipinski definition) is 50. The highest BCUT2D eigenvalue weighted by molar-refractivity contribution is 5.02. The quantitative estimate of drug-likeness (QED) is 0.0452. The topological polar surface area (TPSA) is 825 Å². The molecule has 0 bridgehead atoms. The van der Waals surface area contributed by atoms with Crippen LogP contribution in [-0.4, -0.2) is 541 Å². The predicted octanol–water partition coefficient (Wildman–Crippen LogP) is -21.3. The number of rotatable bonds is 23. The Bertz CT molecular complexity index is 2360. The van der Waals surface area contributed by atoms with E-state index >= 15 is 0 Å². The third-order valence-electron chi connectivity index (χ3n) is 19.5. The third-order valence-corrected chi connectivity index (χ3v) is 19.5. The average molecular weight is 1650 g/mol. The molecule has 0 spiro atoms. The van der Waals surface area contributed by atoms with Gasteiger partial charge >= 0.3 is 0 Å². The second kappa shape index (κ2) is 47.1. The summed E-state index contributed by atoms with van der Waals surface area (Å²) >= 11 is 0. The molecule has 1 aliphatic carbocycles. The molecule has 3 unspecified atom stereocenters. The minimum atomic E-state index is -2.14. The zero-order valence-electron chi connectivity index (χ0n) is 60.9. The summed E-state index contributed by atoms with van der Waals surface area (Å²) in [4.78, 5) is 0. The van der Waals surface area contributed by atoms with Crippen molar-refractivity contribution in [1.82, 2.24) is 0 Å². The van der Waals surface area contributed by atoms with E-state index in [0.29, 0.717) is 0 Å². The van der Waals surface area contributed by atoms with Gasteiger partial charge in [-0.1, -0.05) is 0 Å². The van der Waals surface area contributed by atoms with Gasteiger partial charge in [-0.3, -0.25) is 0 Å². The summed E-state index contributed by atoms with van der Waals surface area (Å²) in [7, 11) is 7.70. The van der Waals surface area contributed by atoms with Crippen LogP contribution in [0.25, 0.3) is 0 Å². The maximum atomic E-state index is 10.2. The Labute approximate surface area is 632 Å². The molecule has 660 valence electrons. The Balaban J connectivity index is 0.000000287. The number of ether oxygens (including phenoxy) is 17. The van der Waals surface area contributed by atoms with Crippen LogP contribution in [0.15, 0.2) is 0 Å². The predicted molar refractivity (Wildman–Crippen MR) is 346 cm³/mol. The van der Waals surface area contributed by atoms with Gasteiger partial charge in [-0.05, 0) is 6.42 Å². The number of aliphatic hydroxyl groups is 33. The van der Waals surface area contributed by atoms with Crippen LogP contribution in [0.5, 0.6) is 0 Å². The Morgan fingerprint density at radius 1 is 0.270 bits per heavy atom. The monoisotopic (exact) mass is 1650 g/mol. The molecule has 0 aromatic heterocycles. The van der Waals surface area contributed by atoms with E-state index in [1.807, 2.05) is 0 Å². The van der Waals surface area contributed by atoms with Crippen molar-refractivity contribution < 1.29 is 249 Å². The maximum absolute atomic E-state index is 10.2. The van der Waals surface area contributed by atoms with Gasteiger partial charge in [0.1, 0.15) is 209 Å². The summed E-state index contributed by atoms with van der Waals surface area (Å²) in [6.45, 7) is -5.78. The van der Waals surface area contributed by atoms with Crippen molar-refractivity contribution in [1.29, 1.82) is 0 Å². The van der Waals surface area contributed by atoms with Crippen molar-refractivity contribution in [2.75, 3.05) is 115 Å². The molecule has 9 rings (SSSR count). The highest BCUT2D eigenvalue weighted by atomic mass is 16.8. The second-order valence-corrected chi connectivity index (χ2v) is 26.6. The molecule has 33 N–H and O–H groups in total. The van der Waals surface area contributed by atoms with Gasteiger partial charge in [0.15, 0.2) is 37.7 Å². The molecule has 8 aliphatic heterocycles.